The van der Waals surface area contributed by atoms with Crippen molar-refractivity contribution in [1.29, 1.82) is 10.5 Å². The van der Waals surface area contributed by atoms with Crippen molar-refractivity contribution in [3.8, 4) is 12.1 Å². The Labute approximate surface area is 108 Å². The van der Waals surface area contributed by atoms with E-state index < -0.39 is 5.54 Å². The third-order valence-corrected chi connectivity index (χ3v) is 3.95. The van der Waals surface area contributed by atoms with Crippen LogP contribution >= 0.6 is 0 Å². The van der Waals surface area contributed by atoms with E-state index in [-0.39, 0.29) is 5.41 Å². The molecule has 0 N–H and O–H groups in total. The Bertz CT molecular complexity index is 511. The van der Waals surface area contributed by atoms with E-state index in [1.807, 2.05) is 30.0 Å². The van der Waals surface area contributed by atoms with Gasteiger partial charge in [0.15, 0.2) is 0 Å². The number of rotatable bonds is 2. The van der Waals surface area contributed by atoms with E-state index in [4.69, 9.17) is 5.26 Å². The van der Waals surface area contributed by atoms with Gasteiger partial charge < -0.3 is 0 Å². The highest BCUT2D eigenvalue weighted by atomic mass is 15.2. The van der Waals surface area contributed by atoms with Gasteiger partial charge in [-0.25, -0.2) is 0 Å². The largest absolute Gasteiger partial charge is 0.272 e. The minimum absolute atomic E-state index is 0.0530. The molecule has 0 spiro atoms. The van der Waals surface area contributed by atoms with Gasteiger partial charge in [0.05, 0.1) is 18.7 Å². The van der Waals surface area contributed by atoms with Crippen LogP contribution in [0.4, 0.5) is 0 Å². The second-order valence-corrected chi connectivity index (χ2v) is 5.50. The summed E-state index contributed by atoms with van der Waals surface area (Å²) in [5.41, 5.74) is 0.648. The SMILES string of the molecule is CC1(c2ccccc2)CN(CC#N)C(C)(C#N)C1. The molecular weight excluding hydrogens is 222 g/mol. The third kappa shape index (κ3) is 1.98. The van der Waals surface area contributed by atoms with E-state index in [2.05, 4.69) is 31.2 Å². The van der Waals surface area contributed by atoms with E-state index in [9.17, 15) is 5.26 Å². The van der Waals surface area contributed by atoms with Crippen LogP contribution in [0.15, 0.2) is 30.3 Å². The quantitative estimate of drug-likeness (QED) is 0.745. The molecule has 2 rings (SSSR count). The lowest BCUT2D eigenvalue weighted by molar-refractivity contribution is 0.234. The van der Waals surface area contributed by atoms with Crippen molar-refractivity contribution >= 4 is 0 Å². The van der Waals surface area contributed by atoms with E-state index in [0.717, 1.165) is 13.0 Å². The fourth-order valence-corrected chi connectivity index (χ4v) is 2.98. The maximum Gasteiger partial charge on any atom is 0.108 e. The smallest absolute Gasteiger partial charge is 0.108 e. The molecule has 0 amide bonds. The summed E-state index contributed by atoms with van der Waals surface area (Å²) in [6.07, 6.45) is 0.766. The number of hydrogen-bond donors (Lipinski definition) is 0. The van der Waals surface area contributed by atoms with Crippen molar-refractivity contribution in [1.82, 2.24) is 4.90 Å². The molecule has 3 heteroatoms. The zero-order valence-electron chi connectivity index (χ0n) is 10.8. The standard InChI is InChI=1S/C15H17N3/c1-14(13-6-4-3-5-7-13)10-15(2,11-17)18(12-14)9-8-16/h3-7H,9-10,12H2,1-2H3. The molecule has 1 aliphatic heterocycles. The van der Waals surface area contributed by atoms with Crippen molar-refractivity contribution in [2.45, 2.75) is 31.2 Å². The average Bonchev–Trinajstić information content (AvgIpc) is 2.65. The third-order valence-electron chi connectivity index (χ3n) is 3.95. The highest BCUT2D eigenvalue weighted by Gasteiger charge is 2.49. The van der Waals surface area contributed by atoms with Gasteiger partial charge in [-0.15, -0.1) is 0 Å². The maximum atomic E-state index is 9.40. The summed E-state index contributed by atoms with van der Waals surface area (Å²) in [7, 11) is 0. The average molecular weight is 239 g/mol. The van der Waals surface area contributed by atoms with Gasteiger partial charge in [0, 0.05) is 12.0 Å². The first-order chi connectivity index (χ1) is 8.54. The van der Waals surface area contributed by atoms with E-state index in [1.54, 1.807) is 0 Å². The van der Waals surface area contributed by atoms with Gasteiger partial charge >= 0.3 is 0 Å². The predicted octanol–water partition coefficient (Wildman–Crippen LogP) is 2.46. The highest BCUT2D eigenvalue weighted by Crippen LogP contribution is 2.42. The highest BCUT2D eigenvalue weighted by molar-refractivity contribution is 5.31. The van der Waals surface area contributed by atoms with Crippen LogP contribution < -0.4 is 0 Å². The summed E-state index contributed by atoms with van der Waals surface area (Å²) in [4.78, 5) is 1.99. The zero-order valence-corrected chi connectivity index (χ0v) is 10.8. The van der Waals surface area contributed by atoms with E-state index >= 15 is 0 Å². The summed E-state index contributed by atoms with van der Waals surface area (Å²) in [5.74, 6) is 0. The molecule has 0 bridgehead atoms. The first-order valence-electron chi connectivity index (χ1n) is 6.13. The molecule has 1 aromatic rings. The topological polar surface area (TPSA) is 50.8 Å². The maximum absolute atomic E-state index is 9.40. The van der Waals surface area contributed by atoms with Crippen molar-refractivity contribution in [2.24, 2.45) is 0 Å². The fraction of sp³-hybridized carbons (Fsp3) is 0.467. The van der Waals surface area contributed by atoms with E-state index in [0.29, 0.717) is 6.54 Å². The number of likely N-dealkylation sites (tertiary alicyclic amines) is 1. The van der Waals surface area contributed by atoms with Crippen LogP contribution in [0.5, 0.6) is 0 Å². The molecule has 3 nitrogen and oxygen atoms in total. The van der Waals surface area contributed by atoms with Gasteiger partial charge in [-0.05, 0) is 18.9 Å². The number of nitriles is 2. The van der Waals surface area contributed by atoms with Crippen molar-refractivity contribution in [3.05, 3.63) is 35.9 Å². The molecule has 2 unspecified atom stereocenters. The Morgan fingerprint density at radius 3 is 2.44 bits per heavy atom. The van der Waals surface area contributed by atoms with Crippen LogP contribution in [0.25, 0.3) is 0 Å². The molecular formula is C15H17N3. The summed E-state index contributed by atoms with van der Waals surface area (Å²) in [6, 6.07) is 14.8. The van der Waals surface area contributed by atoms with Crippen LogP contribution in [0.1, 0.15) is 25.8 Å². The van der Waals surface area contributed by atoms with E-state index in [1.165, 1.54) is 5.56 Å². The summed E-state index contributed by atoms with van der Waals surface area (Å²) in [6.45, 7) is 5.18. The first-order valence-corrected chi connectivity index (χ1v) is 6.13. The van der Waals surface area contributed by atoms with Crippen molar-refractivity contribution in [3.63, 3.8) is 0 Å². The Balaban J connectivity index is 2.35. The summed E-state index contributed by atoms with van der Waals surface area (Å²) < 4.78 is 0. The summed E-state index contributed by atoms with van der Waals surface area (Å²) in [5, 5.41) is 18.3. The zero-order chi connectivity index (χ0) is 13.2. The molecule has 0 saturated carbocycles. The lowest BCUT2D eigenvalue weighted by Gasteiger charge is -2.25. The Hall–Kier alpha value is -1.84. The number of nitrogens with zero attached hydrogens (tertiary/aromatic N) is 3. The summed E-state index contributed by atoms with van der Waals surface area (Å²) >= 11 is 0. The normalized spacial score (nSPS) is 31.8. The van der Waals surface area contributed by atoms with Crippen LogP contribution in [0.3, 0.4) is 0 Å². The molecule has 1 aromatic carbocycles. The first kappa shape index (κ1) is 12.6. The molecule has 0 aromatic heterocycles. The Morgan fingerprint density at radius 2 is 1.89 bits per heavy atom. The lowest BCUT2D eigenvalue weighted by Crippen LogP contribution is -2.39. The fourth-order valence-electron chi connectivity index (χ4n) is 2.98. The molecule has 1 saturated heterocycles. The molecule has 0 aliphatic carbocycles. The second kappa shape index (κ2) is 4.44. The Morgan fingerprint density at radius 1 is 1.22 bits per heavy atom. The minimum atomic E-state index is -0.541. The van der Waals surface area contributed by atoms with Gasteiger partial charge in [0.25, 0.3) is 0 Å². The Kier molecular flexibility index (Phi) is 3.11. The molecule has 1 heterocycles. The van der Waals surface area contributed by atoms with Gasteiger partial charge in [0.1, 0.15) is 5.54 Å². The monoisotopic (exact) mass is 239 g/mol. The molecule has 1 aliphatic rings. The van der Waals surface area contributed by atoms with Crippen molar-refractivity contribution < 1.29 is 0 Å². The lowest BCUT2D eigenvalue weighted by atomic mass is 9.78. The van der Waals surface area contributed by atoms with Crippen LogP contribution in [-0.4, -0.2) is 23.5 Å². The minimum Gasteiger partial charge on any atom is -0.272 e. The second-order valence-electron chi connectivity index (χ2n) is 5.50. The van der Waals surface area contributed by atoms with Gasteiger partial charge in [-0.3, -0.25) is 4.90 Å². The van der Waals surface area contributed by atoms with Gasteiger partial charge in [-0.1, -0.05) is 37.3 Å². The molecule has 2 atom stereocenters. The van der Waals surface area contributed by atoms with Gasteiger partial charge in [-0.2, -0.15) is 10.5 Å². The molecule has 18 heavy (non-hydrogen) atoms. The number of benzene rings is 1. The predicted molar refractivity (Wildman–Crippen MR) is 69.6 cm³/mol. The number of hydrogen-bond acceptors (Lipinski definition) is 3. The van der Waals surface area contributed by atoms with Crippen molar-refractivity contribution in [2.75, 3.05) is 13.1 Å². The van der Waals surface area contributed by atoms with Crippen LogP contribution in [0, 0.1) is 22.7 Å². The van der Waals surface area contributed by atoms with Crippen LogP contribution in [0.2, 0.25) is 0 Å². The molecule has 92 valence electrons. The molecule has 1 fully saturated rings. The van der Waals surface area contributed by atoms with Crippen LogP contribution in [-0.2, 0) is 5.41 Å². The molecule has 0 radical (unpaired) electrons. The van der Waals surface area contributed by atoms with Gasteiger partial charge in [0.2, 0.25) is 0 Å².